The van der Waals surface area contributed by atoms with E-state index >= 15 is 0 Å². The molecule has 0 bridgehead atoms. The molecule has 18 heavy (non-hydrogen) atoms. The van der Waals surface area contributed by atoms with Crippen LogP contribution in [-0.2, 0) is 0 Å². The molecule has 92 valence electrons. The lowest BCUT2D eigenvalue weighted by Crippen LogP contribution is -1.97. The predicted molar refractivity (Wildman–Crippen MR) is 71.6 cm³/mol. The number of nitrogens with one attached hydrogen (secondary N) is 2. The molecular formula is C10H9ClN6S. The quantitative estimate of drug-likeness (QED) is 0.706. The summed E-state index contributed by atoms with van der Waals surface area (Å²) in [5.74, 6) is 1.25. The minimum absolute atomic E-state index is 0.195. The second-order valence-electron chi connectivity index (χ2n) is 3.79. The summed E-state index contributed by atoms with van der Waals surface area (Å²) in [6, 6.07) is 1.88. The monoisotopic (exact) mass is 280 g/mol. The van der Waals surface area contributed by atoms with Crippen molar-refractivity contribution in [2.45, 2.75) is 13.8 Å². The first-order chi connectivity index (χ1) is 8.61. The molecule has 3 rings (SSSR count). The predicted octanol–water partition coefficient (Wildman–Crippen LogP) is 2.82. The van der Waals surface area contributed by atoms with E-state index in [1.165, 1.54) is 11.3 Å². The maximum atomic E-state index is 5.89. The molecule has 0 amide bonds. The Kier molecular flexibility index (Phi) is 2.64. The molecule has 0 saturated heterocycles. The average Bonchev–Trinajstić information content (AvgIpc) is 2.84. The summed E-state index contributed by atoms with van der Waals surface area (Å²) in [7, 11) is 0. The highest BCUT2D eigenvalue weighted by Crippen LogP contribution is 2.28. The molecule has 0 aromatic carbocycles. The van der Waals surface area contributed by atoms with Gasteiger partial charge in [-0.15, -0.1) is 0 Å². The minimum atomic E-state index is 0.195. The number of hydrogen-bond donors (Lipinski definition) is 2. The molecule has 0 spiro atoms. The van der Waals surface area contributed by atoms with Gasteiger partial charge in [0.15, 0.2) is 16.5 Å². The van der Waals surface area contributed by atoms with Crippen molar-refractivity contribution in [2.75, 3.05) is 5.32 Å². The smallest absolute Gasteiger partial charge is 0.225 e. The summed E-state index contributed by atoms with van der Waals surface area (Å²) < 4.78 is 0. The van der Waals surface area contributed by atoms with E-state index in [1.807, 2.05) is 19.9 Å². The molecule has 0 radical (unpaired) electrons. The molecule has 3 aromatic rings. The summed E-state index contributed by atoms with van der Waals surface area (Å²) >= 11 is 7.37. The number of H-pyrrole nitrogens is 1. The molecule has 8 heteroatoms. The summed E-state index contributed by atoms with van der Waals surface area (Å²) in [4.78, 5) is 13.5. The Morgan fingerprint density at radius 3 is 2.83 bits per heavy atom. The van der Waals surface area contributed by atoms with Gasteiger partial charge in [-0.3, -0.25) is 5.10 Å². The Labute approximate surface area is 111 Å². The minimum Gasteiger partial charge on any atom is -0.321 e. The normalized spacial score (nSPS) is 11.1. The van der Waals surface area contributed by atoms with Crippen molar-refractivity contribution in [3.05, 3.63) is 22.1 Å². The van der Waals surface area contributed by atoms with Gasteiger partial charge >= 0.3 is 0 Å². The Bertz CT molecular complexity index is 718. The second-order valence-corrected chi connectivity index (χ2v) is 5.31. The van der Waals surface area contributed by atoms with Gasteiger partial charge in [0, 0.05) is 11.8 Å². The molecule has 0 saturated carbocycles. The zero-order valence-corrected chi connectivity index (χ0v) is 11.2. The molecule has 0 aliphatic carbocycles. The first-order valence-corrected chi connectivity index (χ1v) is 6.41. The van der Waals surface area contributed by atoms with E-state index in [-0.39, 0.29) is 5.28 Å². The third kappa shape index (κ3) is 2.02. The van der Waals surface area contributed by atoms with Crippen LogP contribution in [0.1, 0.15) is 10.7 Å². The fourth-order valence-electron chi connectivity index (χ4n) is 1.59. The maximum absolute atomic E-state index is 5.89. The van der Waals surface area contributed by atoms with Crippen LogP contribution in [0.2, 0.25) is 5.28 Å². The molecule has 6 nitrogen and oxygen atoms in total. The molecule has 0 aliphatic rings. The van der Waals surface area contributed by atoms with Gasteiger partial charge in [0.25, 0.3) is 0 Å². The first-order valence-electron chi connectivity index (χ1n) is 5.21. The summed E-state index contributed by atoms with van der Waals surface area (Å²) in [5.41, 5.74) is 1.67. The van der Waals surface area contributed by atoms with Crippen molar-refractivity contribution in [3.63, 3.8) is 0 Å². The number of hydrogen-bond acceptors (Lipinski definition) is 6. The molecule has 3 heterocycles. The first kappa shape index (κ1) is 11.4. The van der Waals surface area contributed by atoms with E-state index in [9.17, 15) is 0 Å². The largest absolute Gasteiger partial charge is 0.321 e. The van der Waals surface area contributed by atoms with Crippen LogP contribution >= 0.6 is 22.9 Å². The van der Waals surface area contributed by atoms with E-state index in [0.29, 0.717) is 17.2 Å². The summed E-state index contributed by atoms with van der Waals surface area (Å²) in [6.45, 7) is 3.84. The third-order valence-electron chi connectivity index (χ3n) is 2.29. The number of rotatable bonds is 2. The number of anilines is 2. The lowest BCUT2D eigenvalue weighted by molar-refractivity contribution is 1.05. The van der Waals surface area contributed by atoms with Gasteiger partial charge in [0.05, 0.1) is 5.01 Å². The fourth-order valence-corrected chi connectivity index (χ4v) is 2.60. The van der Waals surface area contributed by atoms with Crippen LogP contribution in [0.5, 0.6) is 0 Å². The van der Waals surface area contributed by atoms with Gasteiger partial charge in [-0.1, -0.05) is 11.3 Å². The van der Waals surface area contributed by atoms with Gasteiger partial charge < -0.3 is 5.32 Å². The zero-order valence-electron chi connectivity index (χ0n) is 9.65. The number of aromatic amines is 1. The number of thiazole rings is 1. The maximum Gasteiger partial charge on any atom is 0.225 e. The molecule has 0 atom stereocenters. The number of aromatic nitrogens is 5. The van der Waals surface area contributed by atoms with Crippen LogP contribution in [-0.4, -0.2) is 25.1 Å². The second kappa shape index (κ2) is 4.18. The third-order valence-corrected chi connectivity index (χ3v) is 3.32. The lowest BCUT2D eigenvalue weighted by atomic mass is 10.4. The highest BCUT2D eigenvalue weighted by Gasteiger charge is 2.12. The van der Waals surface area contributed by atoms with Crippen molar-refractivity contribution in [1.29, 1.82) is 0 Å². The van der Waals surface area contributed by atoms with E-state index in [4.69, 9.17) is 11.6 Å². The van der Waals surface area contributed by atoms with Crippen LogP contribution in [0.15, 0.2) is 6.07 Å². The Morgan fingerprint density at radius 1 is 1.28 bits per heavy atom. The van der Waals surface area contributed by atoms with Gasteiger partial charge in [-0.25, -0.2) is 9.97 Å². The van der Waals surface area contributed by atoms with Crippen molar-refractivity contribution < 1.29 is 0 Å². The van der Waals surface area contributed by atoms with Crippen LogP contribution < -0.4 is 5.32 Å². The van der Waals surface area contributed by atoms with E-state index in [2.05, 4.69) is 30.5 Å². The van der Waals surface area contributed by atoms with E-state index < -0.39 is 0 Å². The van der Waals surface area contributed by atoms with Crippen molar-refractivity contribution in [3.8, 4) is 0 Å². The van der Waals surface area contributed by atoms with E-state index in [1.54, 1.807) is 0 Å². The standard InChI is InChI=1S/C10H9ClN6S/c1-4-3-6(17-16-4)13-8-7-9(15-10(11)14-8)18-5(2)12-7/h3H,1-2H3,(H2,13,14,15,16,17). The molecule has 2 N–H and O–H groups in total. The number of aryl methyl sites for hydroxylation is 2. The lowest BCUT2D eigenvalue weighted by Gasteiger charge is -2.02. The van der Waals surface area contributed by atoms with Gasteiger partial charge in [0.1, 0.15) is 5.52 Å². The molecule has 0 fully saturated rings. The Balaban J connectivity index is 2.10. The topological polar surface area (TPSA) is 79.4 Å². The Hall–Kier alpha value is -1.73. The fraction of sp³-hybridized carbons (Fsp3) is 0.200. The molecule has 0 aliphatic heterocycles. The van der Waals surface area contributed by atoms with Crippen LogP contribution in [0.25, 0.3) is 10.3 Å². The zero-order chi connectivity index (χ0) is 12.7. The number of nitrogens with zero attached hydrogens (tertiary/aromatic N) is 4. The van der Waals surface area contributed by atoms with Gasteiger partial charge in [0.2, 0.25) is 5.28 Å². The highest BCUT2D eigenvalue weighted by molar-refractivity contribution is 7.18. The molecule has 3 aromatic heterocycles. The highest BCUT2D eigenvalue weighted by atomic mass is 35.5. The van der Waals surface area contributed by atoms with E-state index in [0.717, 1.165) is 15.5 Å². The van der Waals surface area contributed by atoms with Crippen molar-refractivity contribution >= 4 is 44.9 Å². The van der Waals surface area contributed by atoms with Gasteiger partial charge in [-0.2, -0.15) is 10.1 Å². The SMILES string of the molecule is Cc1cc(Nc2nc(Cl)nc3sc(C)nc23)n[nH]1. The average molecular weight is 281 g/mol. The van der Waals surface area contributed by atoms with Gasteiger partial charge in [-0.05, 0) is 25.4 Å². The molecule has 0 unspecified atom stereocenters. The summed E-state index contributed by atoms with van der Waals surface area (Å²) in [5, 5.41) is 11.1. The summed E-state index contributed by atoms with van der Waals surface area (Å²) in [6.07, 6.45) is 0. The van der Waals surface area contributed by atoms with Crippen molar-refractivity contribution in [1.82, 2.24) is 25.1 Å². The van der Waals surface area contributed by atoms with Crippen LogP contribution in [0.4, 0.5) is 11.6 Å². The van der Waals surface area contributed by atoms with Crippen LogP contribution in [0, 0.1) is 13.8 Å². The molecular weight excluding hydrogens is 272 g/mol. The number of fused-ring (bicyclic) bond motifs is 1. The van der Waals surface area contributed by atoms with Crippen molar-refractivity contribution in [2.24, 2.45) is 0 Å². The number of halogens is 1. The van der Waals surface area contributed by atoms with Crippen LogP contribution in [0.3, 0.4) is 0 Å². The Morgan fingerprint density at radius 2 is 2.11 bits per heavy atom.